The molecule has 0 bridgehead atoms. The summed E-state index contributed by atoms with van der Waals surface area (Å²) in [6.07, 6.45) is 5.26. The number of rotatable bonds is 6. The van der Waals surface area contributed by atoms with Crippen molar-refractivity contribution in [3.63, 3.8) is 0 Å². The molecule has 3 N–H and O–H groups in total. The van der Waals surface area contributed by atoms with Gasteiger partial charge >= 0.3 is 0 Å². The molecule has 1 aromatic rings. The third kappa shape index (κ3) is 3.04. The first-order valence-electron chi connectivity index (χ1n) is 5.15. The van der Waals surface area contributed by atoms with Crippen LogP contribution < -0.4 is 11.3 Å². The summed E-state index contributed by atoms with van der Waals surface area (Å²) in [7, 11) is 0. The van der Waals surface area contributed by atoms with Crippen LogP contribution in [-0.4, -0.2) is 11.0 Å². The molecule has 0 radical (unpaired) electrons. The molecule has 1 heterocycles. The Balaban J connectivity index is 2.53. The van der Waals surface area contributed by atoms with Crippen LogP contribution in [-0.2, 0) is 6.42 Å². The van der Waals surface area contributed by atoms with E-state index < -0.39 is 0 Å². The van der Waals surface area contributed by atoms with Gasteiger partial charge in [0.25, 0.3) is 0 Å². The van der Waals surface area contributed by atoms with E-state index in [1.54, 1.807) is 11.3 Å². The molecule has 0 aliphatic carbocycles. The smallest absolute Gasteiger partial charge is 0.0794 e. The van der Waals surface area contributed by atoms with E-state index in [0.717, 1.165) is 6.42 Å². The third-order valence-corrected chi connectivity index (χ3v) is 3.54. The fourth-order valence-corrected chi connectivity index (χ4v) is 2.43. The van der Waals surface area contributed by atoms with E-state index >= 15 is 0 Å². The van der Waals surface area contributed by atoms with Gasteiger partial charge in [0.2, 0.25) is 0 Å². The van der Waals surface area contributed by atoms with Gasteiger partial charge in [-0.2, -0.15) is 0 Å². The lowest BCUT2D eigenvalue weighted by Crippen LogP contribution is -2.42. The summed E-state index contributed by atoms with van der Waals surface area (Å²) in [4.78, 5) is 5.38. The summed E-state index contributed by atoms with van der Waals surface area (Å²) in [5, 5.41) is 0. The number of hydrogen-bond acceptors (Lipinski definition) is 4. The molecule has 0 spiro atoms. The summed E-state index contributed by atoms with van der Waals surface area (Å²) in [6, 6.07) is 0.380. The molecule has 0 saturated heterocycles. The predicted molar refractivity (Wildman–Crippen MR) is 61.0 cm³/mol. The van der Waals surface area contributed by atoms with Crippen molar-refractivity contribution >= 4 is 11.3 Å². The summed E-state index contributed by atoms with van der Waals surface area (Å²) in [5.74, 6) is 6.23. The molecule has 14 heavy (non-hydrogen) atoms. The molecule has 0 amide bonds. The zero-order valence-corrected chi connectivity index (χ0v) is 9.68. The molecule has 1 aromatic heterocycles. The van der Waals surface area contributed by atoms with Gasteiger partial charge in [-0.1, -0.05) is 26.7 Å². The minimum Gasteiger partial charge on any atom is -0.271 e. The first-order valence-corrected chi connectivity index (χ1v) is 6.03. The molecule has 0 aliphatic rings. The lowest BCUT2D eigenvalue weighted by molar-refractivity contribution is 0.337. The summed E-state index contributed by atoms with van der Waals surface area (Å²) >= 11 is 1.70. The monoisotopic (exact) mass is 213 g/mol. The van der Waals surface area contributed by atoms with Crippen LogP contribution in [0.25, 0.3) is 0 Å². The van der Waals surface area contributed by atoms with Gasteiger partial charge in [0.1, 0.15) is 0 Å². The van der Waals surface area contributed by atoms with Crippen LogP contribution in [0.5, 0.6) is 0 Å². The van der Waals surface area contributed by atoms with E-state index in [1.165, 1.54) is 17.7 Å². The standard InChI is InChI=1S/C10H19N3S/c1-3-8(4-2)10(13-11)5-9-6-12-7-14-9/h6-8,10,13H,3-5,11H2,1-2H3. The molecule has 0 fully saturated rings. The van der Waals surface area contributed by atoms with Gasteiger partial charge in [-0.3, -0.25) is 16.3 Å². The SMILES string of the molecule is CCC(CC)C(Cc1cncs1)NN. The Kier molecular flexibility index (Phi) is 5.07. The number of hydrogen-bond donors (Lipinski definition) is 2. The molecule has 4 heteroatoms. The Hall–Kier alpha value is -0.450. The maximum absolute atomic E-state index is 5.58. The van der Waals surface area contributed by atoms with Gasteiger partial charge in [0, 0.05) is 23.5 Å². The van der Waals surface area contributed by atoms with E-state index in [4.69, 9.17) is 5.84 Å². The molecule has 80 valence electrons. The molecular formula is C10H19N3S. The van der Waals surface area contributed by atoms with Crippen LogP contribution in [0.3, 0.4) is 0 Å². The second-order valence-corrected chi connectivity index (χ2v) is 4.49. The molecule has 1 rings (SSSR count). The molecule has 0 aromatic carbocycles. The lowest BCUT2D eigenvalue weighted by Gasteiger charge is -2.23. The highest BCUT2D eigenvalue weighted by Crippen LogP contribution is 2.18. The number of nitrogens with two attached hydrogens (primary N) is 1. The van der Waals surface area contributed by atoms with Crippen LogP contribution in [0.4, 0.5) is 0 Å². The van der Waals surface area contributed by atoms with Gasteiger partial charge < -0.3 is 0 Å². The van der Waals surface area contributed by atoms with Crippen LogP contribution in [0.1, 0.15) is 31.6 Å². The average molecular weight is 213 g/mol. The zero-order valence-electron chi connectivity index (χ0n) is 8.86. The van der Waals surface area contributed by atoms with Crippen molar-refractivity contribution in [3.8, 4) is 0 Å². The second-order valence-electron chi connectivity index (χ2n) is 3.52. The van der Waals surface area contributed by atoms with Crippen molar-refractivity contribution in [2.75, 3.05) is 0 Å². The number of thiazole rings is 1. The zero-order chi connectivity index (χ0) is 10.4. The van der Waals surface area contributed by atoms with E-state index in [-0.39, 0.29) is 0 Å². The van der Waals surface area contributed by atoms with Gasteiger partial charge in [-0.25, -0.2) is 0 Å². The van der Waals surface area contributed by atoms with Crippen LogP contribution in [0, 0.1) is 5.92 Å². The maximum Gasteiger partial charge on any atom is 0.0794 e. The molecule has 1 unspecified atom stereocenters. The maximum atomic E-state index is 5.58. The van der Waals surface area contributed by atoms with Crippen molar-refractivity contribution in [1.29, 1.82) is 0 Å². The van der Waals surface area contributed by atoms with Crippen molar-refractivity contribution in [2.24, 2.45) is 11.8 Å². The molecular weight excluding hydrogens is 194 g/mol. The highest BCUT2D eigenvalue weighted by atomic mass is 32.1. The Morgan fingerprint density at radius 3 is 2.64 bits per heavy atom. The van der Waals surface area contributed by atoms with Gasteiger partial charge in [-0.05, 0) is 5.92 Å². The topological polar surface area (TPSA) is 50.9 Å². The Morgan fingerprint density at radius 1 is 1.50 bits per heavy atom. The molecule has 0 aliphatic heterocycles. The largest absolute Gasteiger partial charge is 0.271 e. The predicted octanol–water partition coefficient (Wildman–Crippen LogP) is 1.95. The number of nitrogens with one attached hydrogen (secondary N) is 1. The van der Waals surface area contributed by atoms with Crippen LogP contribution in [0.2, 0.25) is 0 Å². The van der Waals surface area contributed by atoms with Gasteiger partial charge in [0.05, 0.1) is 5.51 Å². The first-order chi connectivity index (χ1) is 6.81. The van der Waals surface area contributed by atoms with E-state index in [2.05, 4.69) is 24.3 Å². The van der Waals surface area contributed by atoms with E-state index in [0.29, 0.717) is 12.0 Å². The Labute approximate surface area is 89.7 Å². The van der Waals surface area contributed by atoms with E-state index in [9.17, 15) is 0 Å². The van der Waals surface area contributed by atoms with E-state index in [1.807, 2.05) is 11.7 Å². The van der Waals surface area contributed by atoms with Gasteiger partial charge in [-0.15, -0.1) is 11.3 Å². The minimum absolute atomic E-state index is 0.380. The normalized spacial score (nSPS) is 13.4. The first kappa shape index (κ1) is 11.6. The third-order valence-electron chi connectivity index (χ3n) is 2.74. The summed E-state index contributed by atoms with van der Waals surface area (Å²) < 4.78 is 0. The minimum atomic E-state index is 0.380. The Morgan fingerprint density at radius 2 is 2.21 bits per heavy atom. The number of hydrazine groups is 1. The van der Waals surface area contributed by atoms with Crippen molar-refractivity contribution < 1.29 is 0 Å². The number of nitrogens with zero attached hydrogens (tertiary/aromatic N) is 1. The van der Waals surface area contributed by atoms with Gasteiger partial charge in [0.15, 0.2) is 0 Å². The summed E-state index contributed by atoms with van der Waals surface area (Å²) in [5.41, 5.74) is 4.79. The highest BCUT2D eigenvalue weighted by Gasteiger charge is 2.17. The fraction of sp³-hybridized carbons (Fsp3) is 0.700. The fourth-order valence-electron chi connectivity index (χ4n) is 1.78. The average Bonchev–Trinajstić information content (AvgIpc) is 2.70. The van der Waals surface area contributed by atoms with Crippen molar-refractivity contribution in [3.05, 3.63) is 16.6 Å². The van der Waals surface area contributed by atoms with Crippen LogP contribution in [0.15, 0.2) is 11.7 Å². The molecule has 0 saturated carbocycles. The summed E-state index contributed by atoms with van der Waals surface area (Å²) in [6.45, 7) is 4.43. The number of aromatic nitrogens is 1. The second kappa shape index (κ2) is 6.11. The van der Waals surface area contributed by atoms with Crippen molar-refractivity contribution in [2.45, 2.75) is 39.2 Å². The molecule has 1 atom stereocenters. The van der Waals surface area contributed by atoms with Crippen LogP contribution >= 0.6 is 11.3 Å². The lowest BCUT2D eigenvalue weighted by atomic mass is 9.92. The highest BCUT2D eigenvalue weighted by molar-refractivity contribution is 7.09. The quantitative estimate of drug-likeness (QED) is 0.561. The van der Waals surface area contributed by atoms with Crippen molar-refractivity contribution in [1.82, 2.24) is 10.4 Å². The molecule has 3 nitrogen and oxygen atoms in total. The Bertz CT molecular complexity index is 232.